The summed E-state index contributed by atoms with van der Waals surface area (Å²) in [6.07, 6.45) is 0.0963. The van der Waals surface area contributed by atoms with E-state index in [0.29, 0.717) is 25.3 Å². The van der Waals surface area contributed by atoms with Gasteiger partial charge in [0.1, 0.15) is 18.1 Å². The summed E-state index contributed by atoms with van der Waals surface area (Å²) in [5, 5.41) is 5.20. The van der Waals surface area contributed by atoms with Gasteiger partial charge >= 0.3 is 0 Å². The Morgan fingerprint density at radius 2 is 1.67 bits per heavy atom. The van der Waals surface area contributed by atoms with Crippen molar-refractivity contribution in [3.05, 3.63) is 72.3 Å². The molecule has 3 aromatic rings. The van der Waals surface area contributed by atoms with Gasteiger partial charge in [-0.3, -0.25) is 4.79 Å². The molecule has 0 spiro atoms. The molecule has 0 radical (unpaired) electrons. The van der Waals surface area contributed by atoms with E-state index in [-0.39, 0.29) is 5.91 Å². The molecule has 0 saturated heterocycles. The molecule has 0 heterocycles. The van der Waals surface area contributed by atoms with Crippen LogP contribution < -0.4 is 14.8 Å². The van der Waals surface area contributed by atoms with Crippen LogP contribution in [0, 0.1) is 6.92 Å². The summed E-state index contributed by atoms with van der Waals surface area (Å²) in [4.78, 5) is 12.3. The Kier molecular flexibility index (Phi) is 6.31. The lowest BCUT2D eigenvalue weighted by Gasteiger charge is -2.17. The SMILES string of the molecule is CC[C@H](Oc1ccc(C)cc1)C(=O)NCCOc1ccc2ccccc2c1. The summed E-state index contributed by atoms with van der Waals surface area (Å²) < 4.78 is 11.5. The van der Waals surface area contributed by atoms with E-state index >= 15 is 0 Å². The Bertz CT molecular complexity index is 890. The third-order valence-electron chi connectivity index (χ3n) is 4.35. The van der Waals surface area contributed by atoms with Crippen LogP contribution in [0.5, 0.6) is 11.5 Å². The van der Waals surface area contributed by atoms with Crippen LogP contribution in [0.4, 0.5) is 0 Å². The molecule has 0 unspecified atom stereocenters. The summed E-state index contributed by atoms with van der Waals surface area (Å²) in [5.74, 6) is 1.38. The predicted octanol–water partition coefficient (Wildman–Crippen LogP) is 4.50. The summed E-state index contributed by atoms with van der Waals surface area (Å²) in [5.41, 5.74) is 1.16. The van der Waals surface area contributed by atoms with E-state index in [9.17, 15) is 4.79 Å². The normalized spacial score (nSPS) is 11.8. The molecular formula is C23H25NO3. The lowest BCUT2D eigenvalue weighted by Crippen LogP contribution is -2.39. The highest BCUT2D eigenvalue weighted by Crippen LogP contribution is 2.20. The molecule has 0 aliphatic carbocycles. The quantitative estimate of drug-likeness (QED) is 0.600. The van der Waals surface area contributed by atoms with Crippen LogP contribution in [0.1, 0.15) is 18.9 Å². The summed E-state index contributed by atoms with van der Waals surface area (Å²) in [6.45, 7) is 4.79. The van der Waals surface area contributed by atoms with E-state index in [1.807, 2.05) is 68.4 Å². The molecule has 0 aliphatic rings. The minimum absolute atomic E-state index is 0.125. The number of hydrogen-bond acceptors (Lipinski definition) is 3. The molecule has 0 fully saturated rings. The van der Waals surface area contributed by atoms with Gasteiger partial charge in [-0.05, 0) is 48.4 Å². The van der Waals surface area contributed by atoms with Crippen molar-refractivity contribution in [3.8, 4) is 11.5 Å². The fourth-order valence-corrected chi connectivity index (χ4v) is 2.82. The average molecular weight is 363 g/mol. The van der Waals surface area contributed by atoms with Crippen molar-refractivity contribution in [2.24, 2.45) is 0 Å². The molecule has 27 heavy (non-hydrogen) atoms. The molecule has 4 nitrogen and oxygen atoms in total. The zero-order valence-corrected chi connectivity index (χ0v) is 15.8. The monoisotopic (exact) mass is 363 g/mol. The van der Waals surface area contributed by atoms with Crippen LogP contribution in [-0.2, 0) is 4.79 Å². The van der Waals surface area contributed by atoms with Gasteiger partial charge in [-0.25, -0.2) is 0 Å². The van der Waals surface area contributed by atoms with E-state index in [1.54, 1.807) is 0 Å². The molecule has 0 bridgehead atoms. The van der Waals surface area contributed by atoms with Crippen LogP contribution in [0.3, 0.4) is 0 Å². The molecule has 0 aliphatic heterocycles. The Morgan fingerprint density at radius 3 is 2.41 bits per heavy atom. The molecule has 3 rings (SSSR count). The average Bonchev–Trinajstić information content (AvgIpc) is 2.70. The van der Waals surface area contributed by atoms with Gasteiger partial charge in [0.2, 0.25) is 0 Å². The number of aryl methyl sites for hydroxylation is 1. The van der Waals surface area contributed by atoms with Gasteiger partial charge < -0.3 is 14.8 Å². The third-order valence-corrected chi connectivity index (χ3v) is 4.35. The van der Waals surface area contributed by atoms with Gasteiger partial charge in [-0.2, -0.15) is 0 Å². The van der Waals surface area contributed by atoms with Crippen molar-refractivity contribution < 1.29 is 14.3 Å². The topological polar surface area (TPSA) is 47.6 Å². The molecule has 0 aromatic heterocycles. The van der Waals surface area contributed by atoms with E-state index in [0.717, 1.165) is 16.7 Å². The molecule has 1 amide bonds. The van der Waals surface area contributed by atoms with Gasteiger partial charge in [0, 0.05) is 0 Å². The highest BCUT2D eigenvalue weighted by atomic mass is 16.5. The first-order valence-corrected chi connectivity index (χ1v) is 9.28. The zero-order valence-electron chi connectivity index (χ0n) is 15.8. The molecule has 1 atom stereocenters. The van der Waals surface area contributed by atoms with Crippen molar-refractivity contribution in [3.63, 3.8) is 0 Å². The number of fused-ring (bicyclic) bond motifs is 1. The van der Waals surface area contributed by atoms with Gasteiger partial charge in [0.05, 0.1) is 6.54 Å². The number of ether oxygens (including phenoxy) is 2. The number of benzene rings is 3. The van der Waals surface area contributed by atoms with Crippen LogP contribution >= 0.6 is 0 Å². The molecule has 1 N–H and O–H groups in total. The van der Waals surface area contributed by atoms with Crippen molar-refractivity contribution >= 4 is 16.7 Å². The highest BCUT2D eigenvalue weighted by Gasteiger charge is 2.17. The lowest BCUT2D eigenvalue weighted by atomic mass is 10.1. The second-order valence-electron chi connectivity index (χ2n) is 6.48. The molecule has 3 aromatic carbocycles. The number of carbonyl (C=O) groups excluding carboxylic acids is 1. The van der Waals surface area contributed by atoms with Gasteiger partial charge in [0.15, 0.2) is 6.10 Å². The summed E-state index contributed by atoms with van der Waals surface area (Å²) in [7, 11) is 0. The Morgan fingerprint density at radius 1 is 0.963 bits per heavy atom. The Balaban J connectivity index is 1.46. The second kappa shape index (κ2) is 9.08. The minimum atomic E-state index is -0.506. The maximum atomic E-state index is 12.3. The number of amides is 1. The van der Waals surface area contributed by atoms with Gasteiger partial charge in [0.25, 0.3) is 5.91 Å². The number of hydrogen-bond donors (Lipinski definition) is 1. The van der Waals surface area contributed by atoms with Crippen LogP contribution in [0.15, 0.2) is 66.7 Å². The number of rotatable bonds is 8. The number of nitrogens with one attached hydrogen (secondary N) is 1. The predicted molar refractivity (Wildman–Crippen MR) is 108 cm³/mol. The van der Waals surface area contributed by atoms with Crippen LogP contribution in [-0.4, -0.2) is 25.2 Å². The largest absolute Gasteiger partial charge is 0.492 e. The van der Waals surface area contributed by atoms with E-state index < -0.39 is 6.10 Å². The third kappa shape index (κ3) is 5.23. The second-order valence-corrected chi connectivity index (χ2v) is 6.48. The molecule has 4 heteroatoms. The van der Waals surface area contributed by atoms with Gasteiger partial charge in [-0.15, -0.1) is 0 Å². The van der Waals surface area contributed by atoms with Crippen molar-refractivity contribution in [2.75, 3.05) is 13.2 Å². The maximum Gasteiger partial charge on any atom is 0.261 e. The first-order valence-electron chi connectivity index (χ1n) is 9.28. The first-order chi connectivity index (χ1) is 13.2. The van der Waals surface area contributed by atoms with Gasteiger partial charge in [-0.1, -0.05) is 55.0 Å². The number of carbonyl (C=O) groups is 1. The smallest absolute Gasteiger partial charge is 0.261 e. The highest BCUT2D eigenvalue weighted by molar-refractivity contribution is 5.83. The van der Waals surface area contributed by atoms with Crippen LogP contribution in [0.25, 0.3) is 10.8 Å². The summed E-state index contributed by atoms with van der Waals surface area (Å²) in [6, 6.07) is 21.8. The minimum Gasteiger partial charge on any atom is -0.492 e. The molecule has 0 saturated carbocycles. The Hall–Kier alpha value is -3.01. The standard InChI is InChI=1S/C23H25NO3/c1-3-22(27-20-11-8-17(2)9-12-20)23(25)24-14-15-26-21-13-10-18-6-4-5-7-19(18)16-21/h4-13,16,22H,3,14-15H2,1-2H3,(H,24,25)/t22-/m0/s1. The Labute approximate surface area is 160 Å². The van der Waals surface area contributed by atoms with Crippen LogP contribution in [0.2, 0.25) is 0 Å². The van der Waals surface area contributed by atoms with Crippen molar-refractivity contribution in [2.45, 2.75) is 26.4 Å². The zero-order chi connectivity index (χ0) is 19.1. The fraction of sp³-hybridized carbons (Fsp3) is 0.261. The van der Waals surface area contributed by atoms with Crippen molar-refractivity contribution in [1.29, 1.82) is 0 Å². The maximum absolute atomic E-state index is 12.3. The van der Waals surface area contributed by atoms with E-state index in [4.69, 9.17) is 9.47 Å². The first kappa shape index (κ1) is 18.8. The van der Waals surface area contributed by atoms with E-state index in [1.165, 1.54) is 5.39 Å². The van der Waals surface area contributed by atoms with Crippen molar-refractivity contribution in [1.82, 2.24) is 5.32 Å². The fourth-order valence-electron chi connectivity index (χ4n) is 2.82. The van der Waals surface area contributed by atoms with E-state index in [2.05, 4.69) is 17.4 Å². The lowest BCUT2D eigenvalue weighted by molar-refractivity contribution is -0.128. The molecule has 140 valence electrons. The molecular weight excluding hydrogens is 338 g/mol. The summed E-state index contributed by atoms with van der Waals surface area (Å²) >= 11 is 0.